The van der Waals surface area contributed by atoms with Gasteiger partial charge in [-0.2, -0.15) is 0 Å². The summed E-state index contributed by atoms with van der Waals surface area (Å²) in [5.74, 6) is 1.56. The molecule has 7 heteroatoms. The Bertz CT molecular complexity index is 835. The molecule has 2 N–H and O–H groups in total. The topological polar surface area (TPSA) is 89.9 Å². The Hall–Kier alpha value is -2.80. The molecule has 2 aliphatic rings. The molecule has 7 nitrogen and oxygen atoms in total. The largest absolute Gasteiger partial charge is 0.495 e. The van der Waals surface area contributed by atoms with Gasteiger partial charge in [-0.05, 0) is 42.5 Å². The zero-order valence-corrected chi connectivity index (χ0v) is 15.1. The van der Waals surface area contributed by atoms with Crippen molar-refractivity contribution in [3.8, 4) is 17.2 Å². The van der Waals surface area contributed by atoms with Crippen molar-refractivity contribution >= 4 is 5.91 Å². The van der Waals surface area contributed by atoms with Crippen molar-refractivity contribution in [1.82, 2.24) is 10.3 Å². The van der Waals surface area contributed by atoms with Crippen molar-refractivity contribution in [2.45, 2.75) is 25.0 Å². The molecule has 27 heavy (non-hydrogen) atoms. The van der Waals surface area contributed by atoms with Crippen molar-refractivity contribution < 1.29 is 24.1 Å². The van der Waals surface area contributed by atoms with Gasteiger partial charge >= 0.3 is 0 Å². The fraction of sp³-hybridized carbons (Fsp3) is 0.400. The third-order valence-electron chi connectivity index (χ3n) is 5.05. The average molecular weight is 370 g/mol. The highest BCUT2D eigenvalue weighted by Gasteiger charge is 2.36. The number of fused-ring (bicyclic) bond motifs is 1. The zero-order chi connectivity index (χ0) is 18.8. The van der Waals surface area contributed by atoms with Gasteiger partial charge in [0.2, 0.25) is 0 Å². The minimum Gasteiger partial charge on any atom is -0.495 e. The summed E-state index contributed by atoms with van der Waals surface area (Å²) in [7, 11) is 1.58. The number of carbonyl (C=O) groups is 1. The van der Waals surface area contributed by atoms with Gasteiger partial charge in [0.05, 0.1) is 31.0 Å². The number of para-hydroxylation sites is 1. The quantitative estimate of drug-likeness (QED) is 0.838. The first-order valence-electron chi connectivity index (χ1n) is 9.02. The number of nitrogens with zero attached hydrogens (tertiary/aromatic N) is 1. The van der Waals surface area contributed by atoms with E-state index in [1.807, 2.05) is 6.07 Å². The predicted octanol–water partition coefficient (Wildman–Crippen LogP) is 2.10. The van der Waals surface area contributed by atoms with Gasteiger partial charge in [-0.3, -0.25) is 9.78 Å². The Morgan fingerprint density at radius 3 is 2.89 bits per heavy atom. The van der Waals surface area contributed by atoms with Crippen molar-refractivity contribution in [3.05, 3.63) is 47.8 Å². The lowest BCUT2D eigenvalue weighted by Gasteiger charge is -2.38. The molecule has 1 atom stereocenters. The number of carbonyl (C=O) groups excluding carboxylic acids is 1. The van der Waals surface area contributed by atoms with Crippen LogP contribution in [-0.2, 0) is 0 Å². The number of aliphatic hydroxyl groups excluding tert-OH is 1. The molecule has 1 saturated carbocycles. The van der Waals surface area contributed by atoms with Crippen LogP contribution in [0.2, 0.25) is 0 Å². The summed E-state index contributed by atoms with van der Waals surface area (Å²) in [4.78, 5) is 17.2. The normalized spacial score (nSPS) is 21.7. The number of ether oxygens (including phenoxy) is 3. The Balaban J connectivity index is 1.61. The molecule has 1 unspecified atom stereocenters. The number of amides is 1. The van der Waals surface area contributed by atoms with Crippen molar-refractivity contribution in [2.75, 3.05) is 20.3 Å². The molecule has 4 rings (SSSR count). The molecule has 1 amide bonds. The second kappa shape index (κ2) is 7.44. The summed E-state index contributed by atoms with van der Waals surface area (Å²) in [5, 5.41) is 12.8. The van der Waals surface area contributed by atoms with Gasteiger partial charge in [0.1, 0.15) is 19.0 Å². The van der Waals surface area contributed by atoms with E-state index in [2.05, 4.69) is 10.3 Å². The SMILES string of the molecule is COc1cncc(C(NC(=O)c2cccc3c2OCCO3)C2CC(O)C2)c1. The number of hydrogen-bond donors (Lipinski definition) is 2. The van der Waals surface area contributed by atoms with Crippen molar-refractivity contribution in [1.29, 1.82) is 0 Å². The summed E-state index contributed by atoms with van der Waals surface area (Å²) >= 11 is 0. The monoisotopic (exact) mass is 370 g/mol. The lowest BCUT2D eigenvalue weighted by molar-refractivity contribution is 0.0233. The van der Waals surface area contributed by atoms with Crippen LogP contribution in [0.25, 0.3) is 0 Å². The summed E-state index contributed by atoms with van der Waals surface area (Å²) in [6.07, 6.45) is 4.28. The number of rotatable bonds is 5. The van der Waals surface area contributed by atoms with Crippen LogP contribution in [0, 0.1) is 5.92 Å². The molecule has 1 aromatic heterocycles. The van der Waals surface area contributed by atoms with E-state index in [0.717, 1.165) is 5.56 Å². The van der Waals surface area contributed by atoms with Crippen LogP contribution in [0.1, 0.15) is 34.8 Å². The number of methoxy groups -OCH3 is 1. The summed E-state index contributed by atoms with van der Waals surface area (Å²) in [6, 6.07) is 6.88. The fourth-order valence-electron chi connectivity index (χ4n) is 3.56. The van der Waals surface area contributed by atoms with Gasteiger partial charge < -0.3 is 24.6 Å². The lowest BCUT2D eigenvalue weighted by atomic mass is 9.75. The molecule has 142 valence electrons. The first kappa shape index (κ1) is 17.6. The van der Waals surface area contributed by atoms with Crippen LogP contribution in [0.5, 0.6) is 17.2 Å². The number of hydrogen-bond acceptors (Lipinski definition) is 6. The van der Waals surface area contributed by atoms with Crippen LogP contribution < -0.4 is 19.5 Å². The molecule has 0 radical (unpaired) electrons. The highest BCUT2D eigenvalue weighted by molar-refractivity contribution is 5.98. The Kier molecular flexibility index (Phi) is 4.85. The summed E-state index contributed by atoms with van der Waals surface area (Å²) in [5.41, 5.74) is 1.29. The Morgan fingerprint density at radius 2 is 2.11 bits per heavy atom. The van der Waals surface area contributed by atoms with E-state index >= 15 is 0 Å². The maximum atomic E-state index is 13.0. The fourth-order valence-corrected chi connectivity index (χ4v) is 3.56. The van der Waals surface area contributed by atoms with E-state index in [9.17, 15) is 9.90 Å². The average Bonchev–Trinajstić information content (AvgIpc) is 2.69. The van der Waals surface area contributed by atoms with E-state index in [-0.39, 0.29) is 24.0 Å². The van der Waals surface area contributed by atoms with E-state index in [4.69, 9.17) is 14.2 Å². The van der Waals surface area contributed by atoms with Crippen LogP contribution >= 0.6 is 0 Å². The standard InChI is InChI=1S/C20H22N2O5/c1-25-15-9-13(10-21-11-15)18(12-7-14(23)8-12)22-20(24)16-3-2-4-17-19(16)27-6-5-26-17/h2-4,9-12,14,18,23H,5-8H2,1H3,(H,22,24). The van der Waals surface area contributed by atoms with Gasteiger partial charge in [-0.25, -0.2) is 0 Å². The van der Waals surface area contributed by atoms with Crippen LogP contribution in [0.15, 0.2) is 36.7 Å². The van der Waals surface area contributed by atoms with E-state index in [1.54, 1.807) is 37.7 Å². The number of benzene rings is 1. The second-order valence-electron chi connectivity index (χ2n) is 6.82. The van der Waals surface area contributed by atoms with Gasteiger partial charge in [0.15, 0.2) is 11.5 Å². The number of nitrogens with one attached hydrogen (secondary N) is 1. The van der Waals surface area contributed by atoms with Gasteiger partial charge in [0.25, 0.3) is 5.91 Å². The smallest absolute Gasteiger partial charge is 0.255 e. The van der Waals surface area contributed by atoms with Gasteiger partial charge in [-0.1, -0.05) is 6.07 Å². The highest BCUT2D eigenvalue weighted by atomic mass is 16.6. The van der Waals surface area contributed by atoms with Crippen molar-refractivity contribution in [2.24, 2.45) is 5.92 Å². The molecule has 1 aliphatic carbocycles. The lowest BCUT2D eigenvalue weighted by Crippen LogP contribution is -2.41. The maximum Gasteiger partial charge on any atom is 0.255 e. The number of pyridine rings is 1. The third kappa shape index (κ3) is 3.55. The zero-order valence-electron chi connectivity index (χ0n) is 15.1. The minimum atomic E-state index is -0.325. The first-order chi connectivity index (χ1) is 13.2. The molecular weight excluding hydrogens is 348 g/mol. The predicted molar refractivity (Wildman–Crippen MR) is 97.2 cm³/mol. The molecule has 2 heterocycles. The van der Waals surface area contributed by atoms with E-state index in [1.165, 1.54) is 0 Å². The Morgan fingerprint density at radius 1 is 1.30 bits per heavy atom. The summed E-state index contributed by atoms with van der Waals surface area (Å²) < 4.78 is 16.5. The summed E-state index contributed by atoms with van der Waals surface area (Å²) in [6.45, 7) is 0.880. The van der Waals surface area contributed by atoms with Crippen molar-refractivity contribution in [3.63, 3.8) is 0 Å². The number of aliphatic hydroxyl groups is 1. The molecule has 1 fully saturated rings. The van der Waals surface area contributed by atoms with Crippen LogP contribution in [0.4, 0.5) is 0 Å². The molecule has 1 aliphatic heterocycles. The van der Waals surface area contributed by atoms with Gasteiger partial charge in [0, 0.05) is 6.20 Å². The van der Waals surface area contributed by atoms with E-state index < -0.39 is 0 Å². The minimum absolute atomic E-state index is 0.134. The maximum absolute atomic E-state index is 13.0. The van der Waals surface area contributed by atoms with Gasteiger partial charge in [-0.15, -0.1) is 0 Å². The van der Waals surface area contributed by atoms with E-state index in [0.29, 0.717) is 48.9 Å². The molecule has 0 saturated heterocycles. The third-order valence-corrected chi connectivity index (χ3v) is 5.05. The molecule has 0 bridgehead atoms. The number of aromatic nitrogens is 1. The molecule has 2 aromatic rings. The second-order valence-corrected chi connectivity index (χ2v) is 6.82. The molecular formula is C20H22N2O5. The van der Waals surface area contributed by atoms with Crippen LogP contribution in [0.3, 0.4) is 0 Å². The molecule has 0 spiro atoms. The first-order valence-corrected chi connectivity index (χ1v) is 9.02. The van der Waals surface area contributed by atoms with Crippen LogP contribution in [-0.4, -0.2) is 42.4 Å². The molecule has 1 aromatic carbocycles. The highest BCUT2D eigenvalue weighted by Crippen LogP contribution is 2.39. The Labute approximate surface area is 157 Å².